The normalized spacial score (nSPS) is 10.9. The molecule has 0 aliphatic heterocycles. The van der Waals surface area contributed by atoms with Crippen molar-refractivity contribution in [1.82, 2.24) is 0 Å². The molecule has 0 bridgehead atoms. The van der Waals surface area contributed by atoms with Gasteiger partial charge in [-0.1, -0.05) is 36.4 Å². The summed E-state index contributed by atoms with van der Waals surface area (Å²) >= 11 is 0. The largest absolute Gasteiger partial charge is 0.478 e. The van der Waals surface area contributed by atoms with E-state index in [0.29, 0.717) is 49.4 Å². The lowest BCUT2D eigenvalue weighted by Gasteiger charge is -2.13. The van der Waals surface area contributed by atoms with Crippen LogP contribution in [0.1, 0.15) is 62.1 Å². The number of carbonyl (C=O) groups is 6. The summed E-state index contributed by atoms with van der Waals surface area (Å²) in [4.78, 5) is 75.2. The Labute approximate surface area is 305 Å². The van der Waals surface area contributed by atoms with Gasteiger partial charge < -0.3 is 31.3 Å². The van der Waals surface area contributed by atoms with Gasteiger partial charge in [0, 0.05) is 33.8 Å². The van der Waals surface area contributed by atoms with E-state index in [1.165, 1.54) is 54.6 Å². The fourth-order valence-electron chi connectivity index (χ4n) is 6.00. The van der Waals surface area contributed by atoms with Crippen LogP contribution in [0.15, 0.2) is 127 Å². The number of hydrogen-bond acceptors (Lipinski definition) is 6. The Bertz CT molecular complexity index is 2450. The topological polar surface area (TPSA) is 199 Å². The lowest BCUT2D eigenvalue weighted by atomic mass is 10.0. The van der Waals surface area contributed by atoms with Gasteiger partial charge in [0.15, 0.2) is 0 Å². The number of benzene rings is 7. The minimum atomic E-state index is -1.07. The molecule has 0 heterocycles. The highest BCUT2D eigenvalue weighted by atomic mass is 16.4. The molecular weight excluding hydrogens is 690 g/mol. The first-order valence-electron chi connectivity index (χ1n) is 16.3. The summed E-state index contributed by atoms with van der Waals surface area (Å²) in [6.07, 6.45) is 0. The molecule has 0 atom stereocenters. The van der Waals surface area contributed by atoms with Gasteiger partial charge in [0.05, 0.1) is 16.7 Å². The van der Waals surface area contributed by atoms with Crippen molar-refractivity contribution >= 4 is 85.0 Å². The van der Waals surface area contributed by atoms with Gasteiger partial charge in [-0.3, -0.25) is 14.4 Å². The first-order chi connectivity index (χ1) is 25.9. The van der Waals surface area contributed by atoms with Crippen molar-refractivity contribution in [2.24, 2.45) is 0 Å². The Balaban J connectivity index is 1.19. The first kappa shape index (κ1) is 34.6. The van der Waals surface area contributed by atoms with Crippen LogP contribution in [0.4, 0.5) is 17.1 Å². The lowest BCUT2D eigenvalue weighted by molar-refractivity contribution is 0.0686. The number of fused-ring (bicyclic) bond motifs is 3. The van der Waals surface area contributed by atoms with Crippen molar-refractivity contribution in [1.29, 1.82) is 0 Å². The molecule has 0 radical (unpaired) electrons. The minimum absolute atomic E-state index is 0.00598. The maximum absolute atomic E-state index is 13.7. The number of carbonyl (C=O) groups excluding carboxylic acids is 3. The van der Waals surface area contributed by atoms with E-state index in [2.05, 4.69) is 16.0 Å². The summed E-state index contributed by atoms with van der Waals surface area (Å²) in [7, 11) is 0. The summed E-state index contributed by atoms with van der Waals surface area (Å²) in [5.41, 5.74) is 1.50. The second-order valence-electron chi connectivity index (χ2n) is 12.4. The fraction of sp³-hybridized carbons (Fsp3) is 0. The first-order valence-corrected chi connectivity index (χ1v) is 16.3. The van der Waals surface area contributed by atoms with E-state index >= 15 is 0 Å². The number of carboxylic acids is 3. The van der Waals surface area contributed by atoms with Gasteiger partial charge in [-0.25, -0.2) is 14.4 Å². The summed E-state index contributed by atoms with van der Waals surface area (Å²) < 4.78 is 0. The van der Waals surface area contributed by atoms with Crippen LogP contribution in [0.5, 0.6) is 0 Å². The number of hydrogen-bond donors (Lipinski definition) is 6. The molecule has 0 aliphatic carbocycles. The van der Waals surface area contributed by atoms with Gasteiger partial charge in [-0.05, 0) is 123 Å². The Morgan fingerprint density at radius 1 is 0.296 bits per heavy atom. The van der Waals surface area contributed by atoms with Gasteiger partial charge in [-0.15, -0.1) is 0 Å². The summed E-state index contributed by atoms with van der Waals surface area (Å²) in [5, 5.41) is 40.3. The Morgan fingerprint density at radius 2 is 0.537 bits per heavy atom. The summed E-state index contributed by atoms with van der Waals surface area (Å²) in [5.74, 6) is -5.07. The van der Waals surface area contributed by atoms with Crippen molar-refractivity contribution in [2.75, 3.05) is 16.0 Å². The van der Waals surface area contributed by atoms with E-state index in [1.54, 1.807) is 72.8 Å². The molecule has 7 aromatic rings. The third-order valence-electron chi connectivity index (χ3n) is 8.75. The number of rotatable bonds is 9. The quantitative estimate of drug-likeness (QED) is 0.0856. The van der Waals surface area contributed by atoms with Crippen LogP contribution in [0.3, 0.4) is 0 Å². The third kappa shape index (κ3) is 7.29. The van der Waals surface area contributed by atoms with Gasteiger partial charge in [-0.2, -0.15) is 0 Å². The van der Waals surface area contributed by atoms with Crippen LogP contribution >= 0.6 is 0 Å². The molecule has 0 saturated heterocycles. The zero-order valence-electron chi connectivity index (χ0n) is 27.9. The number of amides is 3. The SMILES string of the molecule is O=C(O)c1ccc2cc(NC(=O)c3cc(C(=O)Nc4ccc5cc(C(=O)O)ccc5c4)cc(C(=O)Nc4ccc5cc(C(=O)O)ccc5c4)c3)ccc2c1. The smallest absolute Gasteiger partial charge is 0.335 e. The van der Waals surface area contributed by atoms with Gasteiger partial charge >= 0.3 is 17.9 Å². The number of anilines is 3. The minimum Gasteiger partial charge on any atom is -0.478 e. The molecule has 0 unspecified atom stereocenters. The molecule has 7 rings (SSSR count). The Kier molecular flexibility index (Phi) is 8.99. The highest BCUT2D eigenvalue weighted by molar-refractivity contribution is 6.14. The molecule has 0 spiro atoms. The molecular formula is C42H27N3O9. The monoisotopic (exact) mass is 717 g/mol. The maximum Gasteiger partial charge on any atom is 0.335 e. The zero-order valence-corrected chi connectivity index (χ0v) is 27.9. The molecule has 54 heavy (non-hydrogen) atoms. The van der Waals surface area contributed by atoms with Crippen molar-refractivity contribution in [3.05, 3.63) is 161 Å². The summed E-state index contributed by atoms with van der Waals surface area (Å²) in [6.45, 7) is 0. The second kappa shape index (κ2) is 14.0. The molecule has 12 heteroatoms. The predicted molar refractivity (Wildman–Crippen MR) is 203 cm³/mol. The van der Waals surface area contributed by atoms with Crippen molar-refractivity contribution in [3.63, 3.8) is 0 Å². The number of nitrogens with one attached hydrogen (secondary N) is 3. The Hall–Kier alpha value is -7.86. The van der Waals surface area contributed by atoms with E-state index < -0.39 is 35.6 Å². The summed E-state index contributed by atoms with van der Waals surface area (Å²) in [6, 6.07) is 32.6. The fourth-order valence-corrected chi connectivity index (χ4v) is 6.00. The molecule has 0 aromatic heterocycles. The molecule has 12 nitrogen and oxygen atoms in total. The standard InChI is InChI=1S/C42H27N3O9/c46-37(43-34-10-7-22-13-28(40(49)50)4-1-25(22)19-34)31-16-32(38(47)44-35-11-8-23-14-29(41(51)52)5-2-26(23)20-35)18-33(17-31)39(48)45-36-12-9-24-15-30(42(53)54)6-3-27(24)21-36/h1-21H,(H,43,46)(H,44,47)(H,45,48)(H,49,50)(H,51,52)(H,53,54). The van der Waals surface area contributed by atoms with Crippen LogP contribution in [0.25, 0.3) is 32.3 Å². The van der Waals surface area contributed by atoms with E-state index in [9.17, 15) is 44.1 Å². The predicted octanol–water partition coefficient (Wildman–Crippen LogP) is 8.00. The molecule has 6 N–H and O–H groups in total. The molecule has 0 aliphatic rings. The van der Waals surface area contributed by atoms with Crippen molar-refractivity contribution in [2.45, 2.75) is 0 Å². The highest BCUT2D eigenvalue weighted by Crippen LogP contribution is 2.25. The van der Waals surface area contributed by atoms with E-state index in [4.69, 9.17) is 0 Å². The van der Waals surface area contributed by atoms with Gasteiger partial charge in [0.25, 0.3) is 17.7 Å². The van der Waals surface area contributed by atoms with Crippen LogP contribution in [0.2, 0.25) is 0 Å². The molecule has 7 aromatic carbocycles. The van der Waals surface area contributed by atoms with Crippen LogP contribution in [0, 0.1) is 0 Å². The van der Waals surface area contributed by atoms with E-state index in [0.717, 1.165) is 0 Å². The van der Waals surface area contributed by atoms with Gasteiger partial charge in [0.1, 0.15) is 0 Å². The zero-order chi connectivity index (χ0) is 38.1. The number of carboxylic acid groups (broad SMARTS) is 3. The molecule has 3 amide bonds. The highest BCUT2D eigenvalue weighted by Gasteiger charge is 2.18. The molecule has 0 fully saturated rings. The molecule has 0 saturated carbocycles. The van der Waals surface area contributed by atoms with Crippen molar-refractivity contribution in [3.8, 4) is 0 Å². The number of aromatic carboxylic acids is 3. The second-order valence-corrected chi connectivity index (χ2v) is 12.4. The van der Waals surface area contributed by atoms with Gasteiger partial charge in [0.2, 0.25) is 0 Å². The Morgan fingerprint density at radius 3 is 0.796 bits per heavy atom. The van der Waals surface area contributed by atoms with Crippen LogP contribution in [-0.2, 0) is 0 Å². The maximum atomic E-state index is 13.7. The van der Waals surface area contributed by atoms with Crippen LogP contribution < -0.4 is 16.0 Å². The lowest BCUT2D eigenvalue weighted by Crippen LogP contribution is -2.19. The van der Waals surface area contributed by atoms with E-state index in [1.807, 2.05) is 0 Å². The average molecular weight is 718 g/mol. The third-order valence-corrected chi connectivity index (χ3v) is 8.75. The molecule has 264 valence electrons. The van der Waals surface area contributed by atoms with Crippen LogP contribution in [-0.4, -0.2) is 50.9 Å². The average Bonchev–Trinajstić information content (AvgIpc) is 3.16. The van der Waals surface area contributed by atoms with E-state index in [-0.39, 0.29) is 33.4 Å². The van der Waals surface area contributed by atoms with Crippen molar-refractivity contribution < 1.29 is 44.1 Å².